The molecule has 3 heterocycles. The number of aromatic amines is 2. The van der Waals surface area contributed by atoms with E-state index in [0.29, 0.717) is 6.04 Å². The number of anilines is 1. The number of rotatable bonds is 2. The SMILES string of the molecule is CN1C2CCC1CC(Nc1cc3[nH]c(=O)[nH]c3cc1Br)C2. The van der Waals surface area contributed by atoms with Gasteiger partial charge in [0.05, 0.1) is 16.7 Å². The summed E-state index contributed by atoms with van der Waals surface area (Å²) >= 11 is 3.60. The highest BCUT2D eigenvalue weighted by Crippen LogP contribution is 2.36. The molecule has 2 saturated heterocycles. The maximum Gasteiger partial charge on any atom is 0.323 e. The van der Waals surface area contributed by atoms with Gasteiger partial charge in [-0.3, -0.25) is 0 Å². The summed E-state index contributed by atoms with van der Waals surface area (Å²) in [4.78, 5) is 19.5. The van der Waals surface area contributed by atoms with Crippen LogP contribution in [0.1, 0.15) is 25.7 Å². The minimum atomic E-state index is -0.161. The van der Waals surface area contributed by atoms with Crippen molar-refractivity contribution in [3.05, 3.63) is 27.1 Å². The van der Waals surface area contributed by atoms with Crippen molar-refractivity contribution >= 4 is 32.7 Å². The van der Waals surface area contributed by atoms with Gasteiger partial charge in [0.2, 0.25) is 0 Å². The third-order valence-corrected chi connectivity index (χ3v) is 5.72. The molecule has 0 aliphatic carbocycles. The van der Waals surface area contributed by atoms with Crippen LogP contribution in [0.2, 0.25) is 0 Å². The van der Waals surface area contributed by atoms with Crippen LogP contribution in [0, 0.1) is 0 Å². The van der Waals surface area contributed by atoms with Crippen LogP contribution in [0.3, 0.4) is 0 Å². The van der Waals surface area contributed by atoms with Crippen LogP contribution in [0.4, 0.5) is 5.69 Å². The van der Waals surface area contributed by atoms with Crippen molar-refractivity contribution in [1.29, 1.82) is 0 Å². The number of nitrogens with one attached hydrogen (secondary N) is 3. The van der Waals surface area contributed by atoms with E-state index in [-0.39, 0.29) is 5.69 Å². The van der Waals surface area contributed by atoms with Gasteiger partial charge in [0, 0.05) is 22.6 Å². The fourth-order valence-corrected chi connectivity index (χ4v) is 4.37. The third-order valence-electron chi connectivity index (χ3n) is 5.06. The standard InChI is InChI=1S/C15H19BrN4O/c1-20-9-2-3-10(20)5-8(4-9)17-12-7-14-13(6-11(12)16)18-15(21)19-14/h6-10,17H,2-5H2,1H3,(H2,18,19,21). The van der Waals surface area contributed by atoms with E-state index in [1.54, 1.807) is 0 Å². The molecule has 21 heavy (non-hydrogen) atoms. The van der Waals surface area contributed by atoms with Gasteiger partial charge in [-0.05, 0) is 60.8 Å². The molecule has 0 radical (unpaired) electrons. The molecule has 2 unspecified atom stereocenters. The Bertz CT molecular complexity index is 723. The highest BCUT2D eigenvalue weighted by molar-refractivity contribution is 9.10. The van der Waals surface area contributed by atoms with Gasteiger partial charge in [-0.1, -0.05) is 0 Å². The Morgan fingerprint density at radius 1 is 1.19 bits per heavy atom. The van der Waals surface area contributed by atoms with Crippen LogP contribution in [-0.4, -0.2) is 40.0 Å². The fourth-order valence-electron chi connectivity index (χ4n) is 3.92. The smallest absolute Gasteiger partial charge is 0.323 e. The first-order chi connectivity index (χ1) is 10.1. The second kappa shape index (κ2) is 4.88. The van der Waals surface area contributed by atoms with E-state index >= 15 is 0 Å². The van der Waals surface area contributed by atoms with Gasteiger partial charge in [0.25, 0.3) is 0 Å². The van der Waals surface area contributed by atoms with Crippen LogP contribution >= 0.6 is 15.9 Å². The molecule has 0 amide bonds. The Labute approximate surface area is 131 Å². The molecule has 3 N–H and O–H groups in total. The van der Waals surface area contributed by atoms with Gasteiger partial charge in [0.1, 0.15) is 0 Å². The van der Waals surface area contributed by atoms with E-state index in [2.05, 4.69) is 43.2 Å². The summed E-state index contributed by atoms with van der Waals surface area (Å²) in [5.41, 5.74) is 2.58. The number of imidazole rings is 1. The van der Waals surface area contributed by atoms with Crippen LogP contribution in [0.15, 0.2) is 21.4 Å². The Kier molecular flexibility index (Phi) is 3.11. The second-order valence-corrected chi connectivity index (χ2v) is 7.17. The Morgan fingerprint density at radius 3 is 2.48 bits per heavy atom. The number of hydrogen-bond acceptors (Lipinski definition) is 3. The van der Waals surface area contributed by atoms with E-state index in [4.69, 9.17) is 0 Å². The third kappa shape index (κ3) is 2.30. The largest absolute Gasteiger partial charge is 0.381 e. The first kappa shape index (κ1) is 13.4. The van der Waals surface area contributed by atoms with Gasteiger partial charge in [0.15, 0.2) is 0 Å². The van der Waals surface area contributed by atoms with Crippen molar-refractivity contribution in [2.45, 2.75) is 43.8 Å². The van der Waals surface area contributed by atoms with Gasteiger partial charge < -0.3 is 20.2 Å². The van der Waals surface area contributed by atoms with Gasteiger partial charge in [-0.2, -0.15) is 0 Å². The Morgan fingerprint density at radius 2 is 1.81 bits per heavy atom. The molecule has 112 valence electrons. The number of nitrogens with zero attached hydrogens (tertiary/aromatic N) is 1. The monoisotopic (exact) mass is 350 g/mol. The summed E-state index contributed by atoms with van der Waals surface area (Å²) in [5, 5.41) is 3.66. The summed E-state index contributed by atoms with van der Waals surface area (Å²) in [5.74, 6) is 0. The lowest BCUT2D eigenvalue weighted by atomic mass is 9.98. The molecular weight excluding hydrogens is 332 g/mol. The summed E-state index contributed by atoms with van der Waals surface area (Å²) < 4.78 is 0.997. The minimum Gasteiger partial charge on any atom is -0.381 e. The molecule has 2 aliphatic heterocycles. The minimum absolute atomic E-state index is 0.161. The number of H-pyrrole nitrogens is 2. The molecule has 2 bridgehead atoms. The first-order valence-corrected chi connectivity index (χ1v) is 8.29. The summed E-state index contributed by atoms with van der Waals surface area (Å²) in [6.45, 7) is 0. The molecule has 5 nitrogen and oxygen atoms in total. The molecule has 2 fully saturated rings. The summed E-state index contributed by atoms with van der Waals surface area (Å²) in [7, 11) is 2.26. The molecule has 0 saturated carbocycles. The average Bonchev–Trinajstić information content (AvgIpc) is 2.86. The summed E-state index contributed by atoms with van der Waals surface area (Å²) in [6.07, 6.45) is 5.04. The van der Waals surface area contributed by atoms with E-state index in [1.807, 2.05) is 12.1 Å². The van der Waals surface area contributed by atoms with Crippen LogP contribution in [-0.2, 0) is 0 Å². The van der Waals surface area contributed by atoms with E-state index in [9.17, 15) is 4.79 Å². The van der Waals surface area contributed by atoms with Crippen LogP contribution in [0.25, 0.3) is 11.0 Å². The Balaban J connectivity index is 1.59. The Hall–Kier alpha value is -1.27. The quantitative estimate of drug-likeness (QED) is 0.780. The predicted octanol–water partition coefficient (Wildman–Crippen LogP) is 2.66. The molecule has 1 aromatic carbocycles. The lowest BCUT2D eigenvalue weighted by Crippen LogP contribution is -2.44. The van der Waals surface area contributed by atoms with Gasteiger partial charge >= 0.3 is 5.69 Å². The van der Waals surface area contributed by atoms with Gasteiger partial charge in [-0.15, -0.1) is 0 Å². The maximum atomic E-state index is 11.4. The van der Waals surface area contributed by atoms with Crippen molar-refractivity contribution in [2.75, 3.05) is 12.4 Å². The molecule has 6 heteroatoms. The van der Waals surface area contributed by atoms with Crippen molar-refractivity contribution in [3.8, 4) is 0 Å². The number of halogens is 1. The van der Waals surface area contributed by atoms with E-state index in [1.165, 1.54) is 25.7 Å². The van der Waals surface area contributed by atoms with Gasteiger partial charge in [-0.25, -0.2) is 4.79 Å². The summed E-state index contributed by atoms with van der Waals surface area (Å²) in [6, 6.07) is 5.92. The second-order valence-electron chi connectivity index (χ2n) is 6.32. The zero-order valence-corrected chi connectivity index (χ0v) is 13.5. The zero-order chi connectivity index (χ0) is 14.6. The van der Waals surface area contributed by atoms with E-state index in [0.717, 1.165) is 33.3 Å². The van der Waals surface area contributed by atoms with Crippen molar-refractivity contribution in [3.63, 3.8) is 0 Å². The highest BCUT2D eigenvalue weighted by atomic mass is 79.9. The normalized spacial score (nSPS) is 29.1. The number of benzene rings is 1. The fraction of sp³-hybridized carbons (Fsp3) is 0.533. The molecule has 4 rings (SSSR count). The number of hydrogen-bond donors (Lipinski definition) is 3. The topological polar surface area (TPSA) is 63.9 Å². The molecule has 2 aliphatic rings. The van der Waals surface area contributed by atoms with Crippen molar-refractivity contribution in [2.24, 2.45) is 0 Å². The lowest BCUT2D eigenvalue weighted by molar-refractivity contribution is 0.169. The average molecular weight is 351 g/mol. The van der Waals surface area contributed by atoms with Crippen LogP contribution in [0.5, 0.6) is 0 Å². The zero-order valence-electron chi connectivity index (χ0n) is 11.9. The number of fused-ring (bicyclic) bond motifs is 3. The highest BCUT2D eigenvalue weighted by Gasteiger charge is 2.38. The lowest BCUT2D eigenvalue weighted by Gasteiger charge is -2.37. The molecule has 1 aromatic heterocycles. The maximum absolute atomic E-state index is 11.4. The molecule has 2 atom stereocenters. The number of aromatic nitrogens is 2. The first-order valence-electron chi connectivity index (χ1n) is 7.50. The predicted molar refractivity (Wildman–Crippen MR) is 87.8 cm³/mol. The van der Waals surface area contributed by atoms with Crippen molar-refractivity contribution in [1.82, 2.24) is 14.9 Å². The molecule has 0 spiro atoms. The molecule has 2 aromatic rings. The molecular formula is C15H19BrN4O. The van der Waals surface area contributed by atoms with E-state index < -0.39 is 0 Å². The number of piperidine rings is 1. The van der Waals surface area contributed by atoms with Crippen molar-refractivity contribution < 1.29 is 0 Å². The van der Waals surface area contributed by atoms with Crippen LogP contribution < -0.4 is 11.0 Å².